The lowest BCUT2D eigenvalue weighted by molar-refractivity contribution is -0.124. The minimum absolute atomic E-state index is 0.00468. The van der Waals surface area contributed by atoms with Crippen molar-refractivity contribution < 1.29 is 9.53 Å². The summed E-state index contributed by atoms with van der Waals surface area (Å²) in [6.45, 7) is 4.42. The van der Waals surface area contributed by atoms with E-state index < -0.39 is 0 Å². The highest BCUT2D eigenvalue weighted by molar-refractivity contribution is 5.85. The third kappa shape index (κ3) is 2.81. The number of hydrogen-bond acceptors (Lipinski definition) is 4. The quantitative estimate of drug-likeness (QED) is 0.907. The Morgan fingerprint density at radius 3 is 3.05 bits per heavy atom. The Balaban J connectivity index is 1.77. The first-order chi connectivity index (χ1) is 10.7. The van der Waals surface area contributed by atoms with Gasteiger partial charge in [0.1, 0.15) is 11.6 Å². The zero-order chi connectivity index (χ0) is 15.5. The van der Waals surface area contributed by atoms with Crippen LogP contribution in [-0.2, 0) is 4.79 Å². The van der Waals surface area contributed by atoms with Crippen LogP contribution in [0.5, 0.6) is 5.75 Å². The van der Waals surface area contributed by atoms with Crippen molar-refractivity contribution >= 4 is 5.91 Å². The number of aromatic nitrogens is 3. The molecule has 1 aromatic carbocycles. The first-order valence-corrected chi connectivity index (χ1v) is 7.60. The number of benzene rings is 1. The van der Waals surface area contributed by atoms with E-state index in [1.807, 2.05) is 38.1 Å². The van der Waals surface area contributed by atoms with Crippen molar-refractivity contribution in [3.05, 3.63) is 41.5 Å². The van der Waals surface area contributed by atoms with E-state index in [1.165, 1.54) is 0 Å². The maximum absolute atomic E-state index is 12.7. The predicted molar refractivity (Wildman–Crippen MR) is 81.6 cm³/mol. The van der Waals surface area contributed by atoms with Gasteiger partial charge in [-0.15, -0.1) is 0 Å². The maximum Gasteiger partial charge on any atom is 0.228 e. The van der Waals surface area contributed by atoms with Gasteiger partial charge in [0.25, 0.3) is 0 Å². The number of carbonyl (C=O) groups is 1. The van der Waals surface area contributed by atoms with Gasteiger partial charge in [-0.3, -0.25) is 9.89 Å². The van der Waals surface area contributed by atoms with Crippen LogP contribution in [0.4, 0.5) is 0 Å². The molecule has 116 valence electrons. The van der Waals surface area contributed by atoms with Crippen LogP contribution in [0.1, 0.15) is 48.9 Å². The highest BCUT2D eigenvalue weighted by Crippen LogP contribution is 2.33. The standard InChI is InChI=1S/C16H20N4O2/c1-3-13(15-17-10(2)19-20-15)18-16(21)12-8-9-22-14-7-5-4-6-11(12)14/h4-7,12-13H,3,8-9H2,1-2H3,(H,18,21)(H,17,19,20). The topological polar surface area (TPSA) is 79.9 Å². The van der Waals surface area contributed by atoms with Gasteiger partial charge in [0.2, 0.25) is 5.91 Å². The molecule has 0 bridgehead atoms. The zero-order valence-electron chi connectivity index (χ0n) is 12.8. The molecule has 0 aliphatic carbocycles. The van der Waals surface area contributed by atoms with Gasteiger partial charge < -0.3 is 10.1 Å². The fraction of sp³-hybridized carbons (Fsp3) is 0.438. The van der Waals surface area contributed by atoms with E-state index in [-0.39, 0.29) is 17.9 Å². The molecule has 0 saturated heterocycles. The summed E-state index contributed by atoms with van der Waals surface area (Å²) < 4.78 is 5.61. The molecule has 1 aliphatic rings. The number of nitrogens with zero attached hydrogens (tertiary/aromatic N) is 2. The molecule has 1 aliphatic heterocycles. The first-order valence-electron chi connectivity index (χ1n) is 7.60. The molecule has 6 nitrogen and oxygen atoms in total. The van der Waals surface area contributed by atoms with E-state index in [9.17, 15) is 4.79 Å². The van der Waals surface area contributed by atoms with Gasteiger partial charge in [-0.2, -0.15) is 5.10 Å². The van der Waals surface area contributed by atoms with Gasteiger partial charge in [0, 0.05) is 5.56 Å². The van der Waals surface area contributed by atoms with Gasteiger partial charge >= 0.3 is 0 Å². The smallest absolute Gasteiger partial charge is 0.228 e. The molecule has 0 radical (unpaired) electrons. The van der Waals surface area contributed by atoms with Gasteiger partial charge in [-0.25, -0.2) is 4.98 Å². The Bertz CT molecular complexity index is 668. The number of carbonyl (C=O) groups excluding carboxylic acids is 1. The molecule has 2 heterocycles. The van der Waals surface area contributed by atoms with Crippen LogP contribution < -0.4 is 10.1 Å². The average Bonchev–Trinajstić information content (AvgIpc) is 2.98. The summed E-state index contributed by atoms with van der Waals surface area (Å²) in [4.78, 5) is 17.0. The van der Waals surface area contributed by atoms with Gasteiger partial charge in [0.15, 0.2) is 5.82 Å². The van der Waals surface area contributed by atoms with Crippen molar-refractivity contribution in [2.24, 2.45) is 0 Å². The fourth-order valence-electron chi connectivity index (χ4n) is 2.75. The van der Waals surface area contributed by atoms with Crippen molar-refractivity contribution in [3.63, 3.8) is 0 Å². The SMILES string of the molecule is CCC(NC(=O)C1CCOc2ccccc21)c1n[nH]c(C)n1. The fourth-order valence-corrected chi connectivity index (χ4v) is 2.75. The number of amides is 1. The van der Waals surface area contributed by atoms with E-state index in [0.717, 1.165) is 23.6 Å². The second-order valence-electron chi connectivity index (χ2n) is 5.48. The number of aromatic amines is 1. The maximum atomic E-state index is 12.7. The monoisotopic (exact) mass is 300 g/mol. The summed E-state index contributed by atoms with van der Waals surface area (Å²) >= 11 is 0. The van der Waals surface area contributed by atoms with Crippen molar-refractivity contribution in [1.29, 1.82) is 0 Å². The molecule has 2 unspecified atom stereocenters. The summed E-state index contributed by atoms with van der Waals surface area (Å²) in [5.41, 5.74) is 0.951. The number of H-pyrrole nitrogens is 1. The molecule has 0 fully saturated rings. The Hall–Kier alpha value is -2.37. The average molecular weight is 300 g/mol. The van der Waals surface area contributed by atoms with Crippen molar-refractivity contribution in [2.45, 2.75) is 38.6 Å². The number of hydrogen-bond donors (Lipinski definition) is 2. The Labute approximate surface area is 129 Å². The molecule has 3 rings (SSSR count). The van der Waals surface area contributed by atoms with Gasteiger partial charge in [-0.05, 0) is 25.8 Å². The van der Waals surface area contributed by atoms with Crippen LogP contribution in [0.2, 0.25) is 0 Å². The van der Waals surface area contributed by atoms with Crippen LogP contribution in [0.15, 0.2) is 24.3 Å². The molecule has 2 atom stereocenters. The first kappa shape index (κ1) is 14.6. The van der Waals surface area contributed by atoms with E-state index in [2.05, 4.69) is 20.5 Å². The summed E-state index contributed by atoms with van der Waals surface area (Å²) in [5, 5.41) is 10.0. The van der Waals surface area contributed by atoms with Crippen LogP contribution in [0.3, 0.4) is 0 Å². The minimum Gasteiger partial charge on any atom is -0.493 e. The van der Waals surface area contributed by atoms with Crippen LogP contribution in [-0.4, -0.2) is 27.7 Å². The number of aryl methyl sites for hydroxylation is 1. The highest BCUT2D eigenvalue weighted by atomic mass is 16.5. The summed E-state index contributed by atoms with van der Waals surface area (Å²) in [6.07, 6.45) is 1.43. The summed E-state index contributed by atoms with van der Waals surface area (Å²) in [5.74, 6) is 2.01. The number of nitrogens with one attached hydrogen (secondary N) is 2. The normalized spacial score (nSPS) is 18.2. The number of fused-ring (bicyclic) bond motifs is 1. The molecule has 1 aromatic heterocycles. The van der Waals surface area contributed by atoms with Crippen LogP contribution in [0, 0.1) is 6.92 Å². The Morgan fingerprint density at radius 1 is 1.50 bits per heavy atom. The summed E-state index contributed by atoms with van der Waals surface area (Å²) in [7, 11) is 0. The molecule has 2 N–H and O–H groups in total. The molecule has 1 amide bonds. The zero-order valence-corrected chi connectivity index (χ0v) is 12.8. The Morgan fingerprint density at radius 2 is 2.32 bits per heavy atom. The van der Waals surface area contributed by atoms with Gasteiger partial charge in [0.05, 0.1) is 18.6 Å². The number of rotatable bonds is 4. The predicted octanol–water partition coefficient (Wildman–Crippen LogP) is 2.25. The second kappa shape index (κ2) is 6.17. The van der Waals surface area contributed by atoms with Crippen LogP contribution in [0.25, 0.3) is 0 Å². The minimum atomic E-state index is -0.181. The third-order valence-corrected chi connectivity index (χ3v) is 3.93. The van der Waals surface area contributed by atoms with Gasteiger partial charge in [-0.1, -0.05) is 25.1 Å². The Kier molecular flexibility index (Phi) is 4.09. The molecule has 6 heteroatoms. The van der Waals surface area contributed by atoms with Crippen molar-refractivity contribution in [1.82, 2.24) is 20.5 Å². The highest BCUT2D eigenvalue weighted by Gasteiger charge is 2.29. The van der Waals surface area contributed by atoms with Crippen LogP contribution >= 0.6 is 0 Å². The molecular weight excluding hydrogens is 280 g/mol. The van der Waals surface area contributed by atoms with E-state index in [0.29, 0.717) is 18.9 Å². The lowest BCUT2D eigenvalue weighted by Crippen LogP contribution is -2.35. The van der Waals surface area contributed by atoms with E-state index in [1.54, 1.807) is 0 Å². The second-order valence-corrected chi connectivity index (χ2v) is 5.48. The third-order valence-electron chi connectivity index (χ3n) is 3.93. The molecule has 0 spiro atoms. The van der Waals surface area contributed by atoms with E-state index >= 15 is 0 Å². The summed E-state index contributed by atoms with van der Waals surface area (Å²) in [6, 6.07) is 7.54. The molecular formula is C16H20N4O2. The molecule has 0 saturated carbocycles. The molecule has 22 heavy (non-hydrogen) atoms. The lowest BCUT2D eigenvalue weighted by Gasteiger charge is -2.26. The number of para-hydroxylation sites is 1. The number of ether oxygens (including phenoxy) is 1. The largest absolute Gasteiger partial charge is 0.493 e. The van der Waals surface area contributed by atoms with E-state index in [4.69, 9.17) is 4.74 Å². The molecule has 2 aromatic rings. The van der Waals surface area contributed by atoms with Crippen molar-refractivity contribution in [2.75, 3.05) is 6.61 Å². The lowest BCUT2D eigenvalue weighted by atomic mass is 9.92. The van der Waals surface area contributed by atoms with Crippen molar-refractivity contribution in [3.8, 4) is 5.75 Å².